The van der Waals surface area contributed by atoms with E-state index in [0.29, 0.717) is 18.9 Å². The Morgan fingerprint density at radius 3 is 2.90 bits per heavy atom. The maximum Gasteiger partial charge on any atom is 0.145 e. The molecule has 108 valence electrons. The lowest BCUT2D eigenvalue weighted by Crippen LogP contribution is -2.09. The lowest BCUT2D eigenvalue weighted by molar-refractivity contribution is 0.339. The highest BCUT2D eigenvalue weighted by Crippen LogP contribution is 2.25. The summed E-state index contributed by atoms with van der Waals surface area (Å²) in [6.07, 6.45) is 2.83. The fourth-order valence-electron chi connectivity index (χ4n) is 2.03. The second-order valence-electron chi connectivity index (χ2n) is 4.47. The first-order valence-corrected chi connectivity index (χ1v) is 6.91. The summed E-state index contributed by atoms with van der Waals surface area (Å²) in [4.78, 5) is 0. The number of benzene rings is 1. The lowest BCUT2D eigenvalue weighted by atomic mass is 10.2. The Bertz CT molecular complexity index is 554. The van der Waals surface area contributed by atoms with Crippen LogP contribution in [0.3, 0.4) is 0 Å². The quantitative estimate of drug-likeness (QED) is 0.842. The van der Waals surface area contributed by atoms with Gasteiger partial charge in [0, 0.05) is 18.8 Å². The van der Waals surface area contributed by atoms with Crippen LogP contribution >= 0.6 is 0 Å². The van der Waals surface area contributed by atoms with Crippen LogP contribution in [0.5, 0.6) is 5.75 Å². The van der Waals surface area contributed by atoms with Gasteiger partial charge >= 0.3 is 0 Å². The third-order valence-corrected chi connectivity index (χ3v) is 2.94. The molecule has 1 heterocycles. The van der Waals surface area contributed by atoms with E-state index in [4.69, 9.17) is 4.74 Å². The number of rotatable bonds is 7. The fourth-order valence-corrected chi connectivity index (χ4v) is 2.03. The molecule has 0 radical (unpaired) electrons. The number of nitrogens with one attached hydrogen (secondary N) is 1. The van der Waals surface area contributed by atoms with Crippen LogP contribution in [0.2, 0.25) is 0 Å². The number of anilines is 1. The summed E-state index contributed by atoms with van der Waals surface area (Å²) in [5.41, 5.74) is 1.89. The SMILES string of the molecule is CCCn1nccc1CNc1ccc(F)cc1OCC. The number of halogens is 1. The molecule has 4 nitrogen and oxygen atoms in total. The highest BCUT2D eigenvalue weighted by Gasteiger charge is 2.07. The Morgan fingerprint density at radius 2 is 2.15 bits per heavy atom. The Labute approximate surface area is 118 Å². The van der Waals surface area contributed by atoms with E-state index in [2.05, 4.69) is 17.3 Å². The van der Waals surface area contributed by atoms with Crippen LogP contribution < -0.4 is 10.1 Å². The number of aryl methyl sites for hydroxylation is 1. The molecule has 0 bridgehead atoms. The van der Waals surface area contributed by atoms with Gasteiger partial charge in [0.1, 0.15) is 11.6 Å². The van der Waals surface area contributed by atoms with Crippen LogP contribution in [0.4, 0.5) is 10.1 Å². The minimum Gasteiger partial charge on any atom is -0.492 e. The first-order valence-electron chi connectivity index (χ1n) is 6.91. The molecular formula is C15H20FN3O. The molecule has 0 aliphatic heterocycles. The minimum absolute atomic E-state index is 0.296. The van der Waals surface area contributed by atoms with Crippen LogP contribution in [0.25, 0.3) is 0 Å². The predicted molar refractivity (Wildman–Crippen MR) is 77.4 cm³/mol. The monoisotopic (exact) mass is 277 g/mol. The fraction of sp³-hybridized carbons (Fsp3) is 0.400. The van der Waals surface area contributed by atoms with Crippen LogP contribution in [0.1, 0.15) is 26.0 Å². The minimum atomic E-state index is -0.296. The van der Waals surface area contributed by atoms with Gasteiger partial charge in [-0.1, -0.05) is 6.92 Å². The molecule has 0 amide bonds. The summed E-state index contributed by atoms with van der Waals surface area (Å²) < 4.78 is 20.6. The lowest BCUT2D eigenvalue weighted by Gasteiger charge is -2.13. The van der Waals surface area contributed by atoms with Crippen molar-refractivity contribution in [2.45, 2.75) is 33.4 Å². The van der Waals surface area contributed by atoms with Crippen molar-refractivity contribution in [3.63, 3.8) is 0 Å². The molecule has 0 spiro atoms. The average Bonchev–Trinajstić information content (AvgIpc) is 2.86. The van der Waals surface area contributed by atoms with Gasteiger partial charge in [-0.2, -0.15) is 5.10 Å². The Kier molecular flexibility index (Phi) is 4.98. The third kappa shape index (κ3) is 3.50. The number of nitrogens with zero attached hydrogens (tertiary/aromatic N) is 2. The number of ether oxygens (including phenoxy) is 1. The van der Waals surface area contributed by atoms with Crippen molar-refractivity contribution in [1.29, 1.82) is 0 Å². The van der Waals surface area contributed by atoms with Gasteiger partial charge in [-0.3, -0.25) is 4.68 Å². The molecule has 1 N–H and O–H groups in total. The maximum atomic E-state index is 13.2. The maximum absolute atomic E-state index is 13.2. The van der Waals surface area contributed by atoms with Crippen molar-refractivity contribution in [1.82, 2.24) is 9.78 Å². The summed E-state index contributed by atoms with van der Waals surface area (Å²) >= 11 is 0. The molecule has 1 aromatic carbocycles. The average molecular weight is 277 g/mol. The Balaban J connectivity index is 2.08. The van der Waals surface area contributed by atoms with Gasteiger partial charge < -0.3 is 10.1 Å². The van der Waals surface area contributed by atoms with E-state index in [1.165, 1.54) is 12.1 Å². The second-order valence-corrected chi connectivity index (χ2v) is 4.47. The Hall–Kier alpha value is -2.04. The zero-order chi connectivity index (χ0) is 14.4. The van der Waals surface area contributed by atoms with Gasteiger partial charge in [-0.15, -0.1) is 0 Å². The molecule has 1 aromatic heterocycles. The molecule has 0 aliphatic carbocycles. The van der Waals surface area contributed by atoms with Gasteiger partial charge in [-0.05, 0) is 31.5 Å². The smallest absolute Gasteiger partial charge is 0.145 e. The van der Waals surface area contributed by atoms with Crippen molar-refractivity contribution in [3.05, 3.63) is 42.0 Å². The molecular weight excluding hydrogens is 257 g/mol. The van der Waals surface area contributed by atoms with Crippen LogP contribution in [-0.2, 0) is 13.1 Å². The van der Waals surface area contributed by atoms with Gasteiger partial charge in [0.15, 0.2) is 0 Å². The Morgan fingerprint density at radius 1 is 1.30 bits per heavy atom. The van der Waals surface area contributed by atoms with E-state index in [-0.39, 0.29) is 5.82 Å². The highest BCUT2D eigenvalue weighted by molar-refractivity contribution is 5.56. The predicted octanol–water partition coefficient (Wildman–Crippen LogP) is 3.44. The summed E-state index contributed by atoms with van der Waals surface area (Å²) in [5, 5.41) is 7.55. The van der Waals surface area contributed by atoms with E-state index in [1.807, 2.05) is 17.7 Å². The number of hydrogen-bond acceptors (Lipinski definition) is 3. The summed E-state index contributed by atoms with van der Waals surface area (Å²) in [5.74, 6) is 0.240. The molecule has 0 atom stereocenters. The van der Waals surface area contributed by atoms with E-state index in [0.717, 1.165) is 24.3 Å². The molecule has 5 heteroatoms. The van der Waals surface area contributed by atoms with Crippen molar-refractivity contribution in [2.75, 3.05) is 11.9 Å². The standard InChI is InChI=1S/C15H20FN3O/c1-3-9-19-13(7-8-18-19)11-17-14-6-5-12(16)10-15(14)20-4-2/h5-8,10,17H,3-4,9,11H2,1-2H3. The van der Waals surface area contributed by atoms with Gasteiger partial charge in [-0.25, -0.2) is 4.39 Å². The van der Waals surface area contributed by atoms with E-state index in [9.17, 15) is 4.39 Å². The first-order chi connectivity index (χ1) is 9.74. The first kappa shape index (κ1) is 14.4. The topological polar surface area (TPSA) is 39.1 Å². The van der Waals surface area contributed by atoms with Crippen LogP contribution in [0.15, 0.2) is 30.5 Å². The molecule has 0 unspecified atom stereocenters. The van der Waals surface area contributed by atoms with Crippen molar-refractivity contribution < 1.29 is 9.13 Å². The number of hydrogen-bond donors (Lipinski definition) is 1. The van der Waals surface area contributed by atoms with Gasteiger partial charge in [0.25, 0.3) is 0 Å². The second kappa shape index (κ2) is 6.93. The van der Waals surface area contributed by atoms with E-state index >= 15 is 0 Å². The normalized spacial score (nSPS) is 10.6. The van der Waals surface area contributed by atoms with E-state index < -0.39 is 0 Å². The summed E-state index contributed by atoms with van der Waals surface area (Å²) in [7, 11) is 0. The highest BCUT2D eigenvalue weighted by atomic mass is 19.1. The zero-order valence-corrected chi connectivity index (χ0v) is 11.9. The molecule has 0 fully saturated rings. The third-order valence-electron chi connectivity index (χ3n) is 2.94. The molecule has 0 aliphatic rings. The summed E-state index contributed by atoms with van der Waals surface area (Å²) in [6, 6.07) is 6.50. The van der Waals surface area contributed by atoms with Crippen molar-refractivity contribution >= 4 is 5.69 Å². The largest absolute Gasteiger partial charge is 0.492 e. The molecule has 20 heavy (non-hydrogen) atoms. The summed E-state index contributed by atoms with van der Waals surface area (Å²) in [6.45, 7) is 6.03. The van der Waals surface area contributed by atoms with E-state index in [1.54, 1.807) is 12.3 Å². The molecule has 0 saturated heterocycles. The van der Waals surface area contributed by atoms with Crippen LogP contribution in [0, 0.1) is 5.82 Å². The zero-order valence-electron chi connectivity index (χ0n) is 11.9. The van der Waals surface area contributed by atoms with Gasteiger partial charge in [0.05, 0.1) is 24.5 Å². The van der Waals surface area contributed by atoms with Crippen molar-refractivity contribution in [2.24, 2.45) is 0 Å². The van der Waals surface area contributed by atoms with Gasteiger partial charge in [0.2, 0.25) is 0 Å². The molecule has 2 rings (SSSR count). The molecule has 2 aromatic rings. The van der Waals surface area contributed by atoms with Crippen LogP contribution in [-0.4, -0.2) is 16.4 Å². The molecule has 0 saturated carbocycles. The number of aromatic nitrogens is 2. The van der Waals surface area contributed by atoms with Crippen molar-refractivity contribution in [3.8, 4) is 5.75 Å².